The summed E-state index contributed by atoms with van der Waals surface area (Å²) in [5, 5.41) is 3.41. The lowest BCUT2D eigenvalue weighted by Gasteiger charge is -2.41. The Labute approximate surface area is 225 Å². The van der Waals surface area contributed by atoms with Gasteiger partial charge in [0.2, 0.25) is 0 Å². The van der Waals surface area contributed by atoms with E-state index in [9.17, 15) is 9.59 Å². The zero-order valence-electron chi connectivity index (χ0n) is 22.2. The maximum Gasteiger partial charge on any atom is 0.306 e. The molecular weight excluding hydrogens is 494 g/mol. The fourth-order valence-electron chi connectivity index (χ4n) is 6.22. The Morgan fingerprint density at radius 1 is 1.08 bits per heavy atom. The Morgan fingerprint density at radius 2 is 1.86 bits per heavy atom. The van der Waals surface area contributed by atoms with E-state index in [1.165, 1.54) is 38.9 Å². The summed E-state index contributed by atoms with van der Waals surface area (Å²) >= 11 is 6.13. The molecule has 0 spiro atoms. The predicted molar refractivity (Wildman–Crippen MR) is 144 cm³/mol. The number of unbranched alkanes of at least 4 members (excludes halogenated alkanes) is 2. The lowest BCUT2D eigenvalue weighted by atomic mass is 9.69. The first-order chi connectivity index (χ1) is 17.9. The summed E-state index contributed by atoms with van der Waals surface area (Å²) in [6.45, 7) is 2.56. The van der Waals surface area contributed by atoms with E-state index in [-0.39, 0.29) is 30.1 Å². The van der Waals surface area contributed by atoms with Crippen LogP contribution < -0.4 is 15.8 Å². The van der Waals surface area contributed by atoms with Crippen molar-refractivity contribution in [3.63, 3.8) is 0 Å². The summed E-state index contributed by atoms with van der Waals surface area (Å²) in [6, 6.07) is 2.99. The van der Waals surface area contributed by atoms with Crippen molar-refractivity contribution in [2.75, 3.05) is 39.6 Å². The van der Waals surface area contributed by atoms with Crippen LogP contribution in [0.5, 0.6) is 5.75 Å². The first-order valence-electron chi connectivity index (χ1n) is 13.8. The number of anilines is 1. The fourth-order valence-corrected chi connectivity index (χ4v) is 6.38. The molecule has 1 aromatic carbocycles. The minimum absolute atomic E-state index is 0.0208. The number of carbonyl (C=O) groups excluding carboxylic acids is 2. The largest absolute Gasteiger partial charge is 0.496 e. The number of benzene rings is 1. The van der Waals surface area contributed by atoms with E-state index in [2.05, 4.69) is 10.2 Å². The molecule has 5 rings (SSSR count). The second kappa shape index (κ2) is 13.2. The number of carbonyl (C=O) groups is 2. The SMILES string of the molecule is COc1cc(N)c(Cl)cc1C(=O)N[C@@H]1CCN(CCCCCC(=O)O[C@H]2CC3CCC2CC3)C[C@@H]1OC. The molecular formula is C28H42ClN3O5. The number of nitrogens with two attached hydrogens (primary N) is 1. The van der Waals surface area contributed by atoms with Gasteiger partial charge in [-0.25, -0.2) is 0 Å². The minimum atomic E-state index is -0.257. The van der Waals surface area contributed by atoms with Crippen molar-refractivity contribution in [2.24, 2.45) is 11.8 Å². The molecule has 3 saturated carbocycles. The van der Waals surface area contributed by atoms with E-state index in [0.717, 1.165) is 57.7 Å². The summed E-state index contributed by atoms with van der Waals surface area (Å²) in [5.41, 5.74) is 6.56. The Balaban J connectivity index is 1.15. The second-order valence-corrected chi connectivity index (χ2v) is 11.3. The predicted octanol–water partition coefficient (Wildman–Crippen LogP) is 4.43. The summed E-state index contributed by atoms with van der Waals surface area (Å²) in [6.07, 6.45) is 10.4. The molecule has 1 aliphatic heterocycles. The van der Waals surface area contributed by atoms with Gasteiger partial charge in [-0.15, -0.1) is 0 Å². The number of nitrogen functional groups attached to an aromatic ring is 1. The molecule has 4 aliphatic rings. The van der Waals surface area contributed by atoms with Crippen LogP contribution in [-0.2, 0) is 14.3 Å². The van der Waals surface area contributed by atoms with Gasteiger partial charge in [-0.3, -0.25) is 9.59 Å². The molecule has 3 atom stereocenters. The maximum atomic E-state index is 13.0. The molecule has 0 unspecified atom stereocenters. The van der Waals surface area contributed by atoms with Crippen LogP contribution in [-0.4, -0.2) is 68.9 Å². The third-order valence-electron chi connectivity index (χ3n) is 8.45. The van der Waals surface area contributed by atoms with Crippen LogP contribution in [0.3, 0.4) is 0 Å². The second-order valence-electron chi connectivity index (χ2n) is 10.9. The Hall–Kier alpha value is -2.03. The molecule has 0 aromatic heterocycles. The van der Waals surface area contributed by atoms with Crippen molar-refractivity contribution in [1.29, 1.82) is 0 Å². The highest BCUT2D eigenvalue weighted by Crippen LogP contribution is 2.42. The van der Waals surface area contributed by atoms with Crippen LogP contribution in [0.2, 0.25) is 5.02 Å². The smallest absolute Gasteiger partial charge is 0.306 e. The van der Waals surface area contributed by atoms with Crippen molar-refractivity contribution >= 4 is 29.2 Å². The van der Waals surface area contributed by atoms with Crippen molar-refractivity contribution in [3.8, 4) is 5.75 Å². The van der Waals surface area contributed by atoms with E-state index in [4.69, 9.17) is 31.5 Å². The first-order valence-corrected chi connectivity index (χ1v) is 14.1. The van der Waals surface area contributed by atoms with Crippen molar-refractivity contribution in [2.45, 2.75) is 82.5 Å². The van der Waals surface area contributed by atoms with Gasteiger partial charge in [-0.05, 0) is 75.8 Å². The molecule has 3 aliphatic carbocycles. The highest BCUT2D eigenvalue weighted by molar-refractivity contribution is 6.33. The highest BCUT2D eigenvalue weighted by Gasteiger charge is 2.37. The third kappa shape index (κ3) is 7.30. The number of esters is 1. The van der Waals surface area contributed by atoms with Gasteiger partial charge in [-0.1, -0.05) is 18.0 Å². The number of hydrogen-bond donors (Lipinski definition) is 2. The van der Waals surface area contributed by atoms with Crippen molar-refractivity contribution in [1.82, 2.24) is 10.2 Å². The molecule has 4 fully saturated rings. The van der Waals surface area contributed by atoms with Gasteiger partial charge in [0.15, 0.2) is 0 Å². The van der Waals surface area contributed by atoms with Gasteiger partial charge in [-0.2, -0.15) is 0 Å². The molecule has 9 heteroatoms. The van der Waals surface area contributed by atoms with Crippen LogP contribution >= 0.6 is 11.6 Å². The topological polar surface area (TPSA) is 103 Å². The average molecular weight is 536 g/mol. The summed E-state index contributed by atoms with van der Waals surface area (Å²) in [7, 11) is 3.18. The third-order valence-corrected chi connectivity index (χ3v) is 8.77. The number of amides is 1. The van der Waals surface area contributed by atoms with E-state index < -0.39 is 0 Å². The highest BCUT2D eigenvalue weighted by atomic mass is 35.5. The number of nitrogens with one attached hydrogen (secondary N) is 1. The van der Waals surface area contributed by atoms with Gasteiger partial charge in [0.1, 0.15) is 11.9 Å². The molecule has 1 amide bonds. The van der Waals surface area contributed by atoms with Crippen LogP contribution in [0.25, 0.3) is 0 Å². The number of ether oxygens (including phenoxy) is 3. The first kappa shape index (κ1) is 28.0. The summed E-state index contributed by atoms with van der Waals surface area (Å²) < 4.78 is 16.9. The van der Waals surface area contributed by atoms with Gasteiger partial charge in [0.25, 0.3) is 5.91 Å². The molecule has 8 nitrogen and oxygen atoms in total. The van der Waals surface area contributed by atoms with Gasteiger partial charge in [0, 0.05) is 32.7 Å². The zero-order valence-corrected chi connectivity index (χ0v) is 22.9. The molecule has 2 bridgehead atoms. The van der Waals surface area contributed by atoms with E-state index in [1.807, 2.05) is 0 Å². The molecule has 1 saturated heterocycles. The monoisotopic (exact) mass is 535 g/mol. The number of rotatable bonds is 11. The van der Waals surface area contributed by atoms with Crippen molar-refractivity contribution < 1.29 is 23.8 Å². The number of halogens is 1. The fraction of sp³-hybridized carbons (Fsp3) is 0.714. The minimum Gasteiger partial charge on any atom is -0.496 e. The van der Waals surface area contributed by atoms with Crippen LogP contribution in [0, 0.1) is 11.8 Å². The molecule has 1 aromatic rings. The zero-order chi connectivity index (χ0) is 26.4. The number of likely N-dealkylation sites (tertiary alicyclic amines) is 1. The van der Waals surface area contributed by atoms with E-state index in [1.54, 1.807) is 13.2 Å². The number of piperidine rings is 1. The molecule has 206 valence electrons. The Kier molecular flexibility index (Phi) is 9.96. The lowest BCUT2D eigenvalue weighted by molar-refractivity contribution is -0.157. The van der Waals surface area contributed by atoms with Gasteiger partial charge in [0.05, 0.1) is 35.5 Å². The van der Waals surface area contributed by atoms with Crippen LogP contribution in [0.1, 0.15) is 74.6 Å². The Morgan fingerprint density at radius 3 is 2.54 bits per heavy atom. The summed E-state index contributed by atoms with van der Waals surface area (Å²) in [5.74, 6) is 1.48. The van der Waals surface area contributed by atoms with Crippen LogP contribution in [0.15, 0.2) is 12.1 Å². The maximum absolute atomic E-state index is 13.0. The molecule has 3 N–H and O–H groups in total. The van der Waals surface area contributed by atoms with E-state index >= 15 is 0 Å². The standard InChI is InChI=1S/C28H42ClN3O5/c1-35-25-16-22(30)21(29)15-20(25)28(34)31-23-11-13-32(17-26(23)36-2)12-5-3-4-6-27(33)37-24-14-18-7-9-19(24)10-8-18/h15-16,18-19,23-24,26H,3-14,17,30H2,1-2H3,(H,31,34)/t18?,19?,23-,24+,26+/m1/s1. The van der Waals surface area contributed by atoms with E-state index in [0.29, 0.717) is 34.4 Å². The lowest BCUT2D eigenvalue weighted by Crippen LogP contribution is -2.54. The van der Waals surface area contributed by atoms with Gasteiger partial charge >= 0.3 is 5.97 Å². The number of methoxy groups -OCH3 is 2. The number of hydrogen-bond acceptors (Lipinski definition) is 7. The number of nitrogens with zero attached hydrogens (tertiary/aromatic N) is 1. The number of fused-ring (bicyclic) bond motifs is 3. The quantitative estimate of drug-likeness (QED) is 0.245. The average Bonchev–Trinajstić information content (AvgIpc) is 2.91. The van der Waals surface area contributed by atoms with Crippen molar-refractivity contribution in [3.05, 3.63) is 22.7 Å². The Bertz CT molecular complexity index is 937. The van der Waals surface area contributed by atoms with Gasteiger partial charge < -0.3 is 30.2 Å². The normalized spacial score (nSPS) is 27.6. The molecule has 37 heavy (non-hydrogen) atoms. The van der Waals surface area contributed by atoms with Crippen LogP contribution in [0.4, 0.5) is 5.69 Å². The summed E-state index contributed by atoms with van der Waals surface area (Å²) in [4.78, 5) is 27.7. The molecule has 0 radical (unpaired) electrons. The molecule has 1 heterocycles.